The van der Waals surface area contributed by atoms with Gasteiger partial charge in [0.2, 0.25) is 0 Å². The highest BCUT2D eigenvalue weighted by molar-refractivity contribution is 9.10. The summed E-state index contributed by atoms with van der Waals surface area (Å²) in [5.41, 5.74) is 2.79. The van der Waals surface area contributed by atoms with Crippen LogP contribution in [-0.4, -0.2) is 5.11 Å². The SMILES string of the molecule is Cc1cc(F)c(Br)cc1NCc1ccc(O)cc1. The molecule has 2 aromatic carbocycles. The van der Waals surface area contributed by atoms with E-state index < -0.39 is 0 Å². The van der Waals surface area contributed by atoms with Crippen LogP contribution in [-0.2, 0) is 6.54 Å². The molecule has 0 fully saturated rings. The lowest BCUT2D eigenvalue weighted by Crippen LogP contribution is -2.01. The van der Waals surface area contributed by atoms with Gasteiger partial charge in [-0.2, -0.15) is 0 Å². The van der Waals surface area contributed by atoms with Gasteiger partial charge in [-0.1, -0.05) is 12.1 Å². The van der Waals surface area contributed by atoms with Crippen molar-refractivity contribution in [3.63, 3.8) is 0 Å². The van der Waals surface area contributed by atoms with Gasteiger partial charge in [-0.15, -0.1) is 0 Å². The fourth-order valence-corrected chi connectivity index (χ4v) is 1.99. The van der Waals surface area contributed by atoms with E-state index >= 15 is 0 Å². The average molecular weight is 310 g/mol. The van der Waals surface area contributed by atoms with Gasteiger partial charge >= 0.3 is 0 Å². The monoisotopic (exact) mass is 309 g/mol. The molecule has 0 atom stereocenters. The maximum absolute atomic E-state index is 13.3. The molecular formula is C14H13BrFNO. The van der Waals surface area contributed by atoms with Gasteiger partial charge in [0.05, 0.1) is 4.47 Å². The summed E-state index contributed by atoms with van der Waals surface area (Å²) in [6.07, 6.45) is 0. The van der Waals surface area contributed by atoms with E-state index in [2.05, 4.69) is 21.2 Å². The molecule has 0 radical (unpaired) electrons. The molecule has 0 heterocycles. The molecule has 0 amide bonds. The molecule has 0 saturated heterocycles. The Bertz CT molecular complexity index is 554. The second-order valence-corrected chi connectivity index (χ2v) is 4.96. The number of phenolic OH excluding ortho intramolecular Hbond substituents is 1. The molecular weight excluding hydrogens is 297 g/mol. The summed E-state index contributed by atoms with van der Waals surface area (Å²) in [5.74, 6) is -0.0119. The molecule has 2 rings (SSSR count). The Kier molecular flexibility index (Phi) is 3.87. The first-order chi connectivity index (χ1) is 8.56. The Morgan fingerprint density at radius 2 is 1.89 bits per heavy atom. The van der Waals surface area contributed by atoms with E-state index in [1.165, 1.54) is 6.07 Å². The van der Waals surface area contributed by atoms with Gasteiger partial charge in [-0.3, -0.25) is 0 Å². The fraction of sp³-hybridized carbons (Fsp3) is 0.143. The van der Waals surface area contributed by atoms with Crippen LogP contribution in [0.15, 0.2) is 40.9 Å². The second kappa shape index (κ2) is 5.40. The largest absolute Gasteiger partial charge is 0.508 e. The maximum atomic E-state index is 13.3. The number of halogens is 2. The van der Waals surface area contributed by atoms with Gasteiger partial charge in [0, 0.05) is 12.2 Å². The van der Waals surface area contributed by atoms with Gasteiger partial charge in [-0.25, -0.2) is 4.39 Å². The zero-order valence-electron chi connectivity index (χ0n) is 9.87. The predicted molar refractivity (Wildman–Crippen MR) is 74.3 cm³/mol. The van der Waals surface area contributed by atoms with Gasteiger partial charge in [0.1, 0.15) is 11.6 Å². The number of benzene rings is 2. The molecule has 94 valence electrons. The van der Waals surface area contributed by atoms with E-state index in [-0.39, 0.29) is 11.6 Å². The van der Waals surface area contributed by atoms with Crippen molar-refractivity contribution in [2.24, 2.45) is 0 Å². The number of anilines is 1. The van der Waals surface area contributed by atoms with Crippen molar-refractivity contribution in [2.45, 2.75) is 13.5 Å². The van der Waals surface area contributed by atoms with E-state index in [1.54, 1.807) is 18.2 Å². The summed E-state index contributed by atoms with van der Waals surface area (Å²) in [7, 11) is 0. The first-order valence-corrected chi connectivity index (χ1v) is 6.33. The Labute approximate surface area is 114 Å². The Morgan fingerprint density at radius 3 is 2.56 bits per heavy atom. The highest BCUT2D eigenvalue weighted by Crippen LogP contribution is 2.24. The highest BCUT2D eigenvalue weighted by Gasteiger charge is 2.04. The van der Waals surface area contributed by atoms with Gasteiger partial charge in [0.15, 0.2) is 0 Å². The Hall–Kier alpha value is -1.55. The molecule has 0 saturated carbocycles. The molecule has 0 spiro atoms. The molecule has 0 bridgehead atoms. The summed E-state index contributed by atoms with van der Waals surface area (Å²) in [6.45, 7) is 2.48. The third-order valence-corrected chi connectivity index (χ3v) is 3.29. The summed E-state index contributed by atoms with van der Waals surface area (Å²) < 4.78 is 13.7. The van der Waals surface area contributed by atoms with Crippen LogP contribution in [0.2, 0.25) is 0 Å². The molecule has 0 aliphatic rings. The van der Waals surface area contributed by atoms with Crippen LogP contribution >= 0.6 is 15.9 Å². The van der Waals surface area contributed by atoms with Crippen LogP contribution in [0, 0.1) is 12.7 Å². The molecule has 0 aromatic heterocycles. The van der Waals surface area contributed by atoms with Crippen molar-refractivity contribution < 1.29 is 9.50 Å². The minimum absolute atomic E-state index is 0.249. The van der Waals surface area contributed by atoms with Crippen LogP contribution in [0.5, 0.6) is 5.75 Å². The summed E-state index contributed by atoms with van der Waals surface area (Å²) in [5, 5.41) is 12.4. The van der Waals surface area contributed by atoms with Crippen molar-refractivity contribution >= 4 is 21.6 Å². The Balaban J connectivity index is 2.10. The number of phenols is 1. The van der Waals surface area contributed by atoms with Crippen LogP contribution in [0.1, 0.15) is 11.1 Å². The summed E-state index contributed by atoms with van der Waals surface area (Å²) in [6, 6.07) is 10.2. The van der Waals surface area contributed by atoms with Crippen molar-refractivity contribution in [1.29, 1.82) is 0 Å². The van der Waals surface area contributed by atoms with Crippen LogP contribution in [0.3, 0.4) is 0 Å². The van der Waals surface area contributed by atoms with E-state index in [4.69, 9.17) is 0 Å². The molecule has 2 nitrogen and oxygen atoms in total. The lowest BCUT2D eigenvalue weighted by atomic mass is 10.1. The third kappa shape index (κ3) is 3.01. The number of hydrogen-bond acceptors (Lipinski definition) is 2. The number of aryl methyl sites for hydroxylation is 1. The smallest absolute Gasteiger partial charge is 0.137 e. The maximum Gasteiger partial charge on any atom is 0.137 e. The second-order valence-electron chi connectivity index (χ2n) is 4.10. The third-order valence-electron chi connectivity index (χ3n) is 2.69. The topological polar surface area (TPSA) is 32.3 Å². The van der Waals surface area contributed by atoms with Crippen molar-refractivity contribution in [3.8, 4) is 5.75 Å². The average Bonchev–Trinajstić information content (AvgIpc) is 2.34. The minimum atomic E-state index is -0.261. The number of hydrogen-bond donors (Lipinski definition) is 2. The molecule has 2 aromatic rings. The molecule has 0 aliphatic carbocycles. The quantitative estimate of drug-likeness (QED) is 0.890. The lowest BCUT2D eigenvalue weighted by molar-refractivity contribution is 0.475. The normalized spacial score (nSPS) is 10.4. The number of nitrogens with one attached hydrogen (secondary N) is 1. The van der Waals surface area contributed by atoms with Gasteiger partial charge in [-0.05, 0) is 58.2 Å². The van der Waals surface area contributed by atoms with E-state index in [9.17, 15) is 9.50 Å². The molecule has 4 heteroatoms. The van der Waals surface area contributed by atoms with Crippen LogP contribution in [0.4, 0.5) is 10.1 Å². The fourth-order valence-electron chi connectivity index (χ4n) is 1.65. The van der Waals surface area contributed by atoms with E-state index in [0.29, 0.717) is 11.0 Å². The molecule has 0 unspecified atom stereocenters. The zero-order chi connectivity index (χ0) is 13.1. The first-order valence-electron chi connectivity index (χ1n) is 5.53. The number of aromatic hydroxyl groups is 1. The Morgan fingerprint density at radius 1 is 1.22 bits per heavy atom. The van der Waals surface area contributed by atoms with Crippen molar-refractivity contribution in [1.82, 2.24) is 0 Å². The van der Waals surface area contributed by atoms with Crippen LogP contribution in [0.25, 0.3) is 0 Å². The van der Waals surface area contributed by atoms with E-state index in [0.717, 1.165) is 16.8 Å². The number of rotatable bonds is 3. The van der Waals surface area contributed by atoms with Gasteiger partial charge < -0.3 is 10.4 Å². The van der Waals surface area contributed by atoms with E-state index in [1.807, 2.05) is 19.1 Å². The highest BCUT2D eigenvalue weighted by atomic mass is 79.9. The standard InChI is InChI=1S/C14H13BrFNO/c1-9-6-13(16)12(15)7-14(9)17-8-10-2-4-11(18)5-3-10/h2-7,17-18H,8H2,1H3. The molecule has 18 heavy (non-hydrogen) atoms. The first kappa shape index (κ1) is 12.9. The van der Waals surface area contributed by atoms with Crippen molar-refractivity contribution in [3.05, 3.63) is 57.8 Å². The zero-order valence-corrected chi connectivity index (χ0v) is 11.5. The summed E-state index contributed by atoms with van der Waals surface area (Å²) >= 11 is 3.17. The van der Waals surface area contributed by atoms with Gasteiger partial charge in [0.25, 0.3) is 0 Å². The molecule has 2 N–H and O–H groups in total. The lowest BCUT2D eigenvalue weighted by Gasteiger charge is -2.10. The minimum Gasteiger partial charge on any atom is -0.508 e. The van der Waals surface area contributed by atoms with Crippen molar-refractivity contribution in [2.75, 3.05) is 5.32 Å². The summed E-state index contributed by atoms with van der Waals surface area (Å²) in [4.78, 5) is 0. The predicted octanol–water partition coefficient (Wildman–Crippen LogP) is 4.21. The molecule has 0 aliphatic heterocycles. The van der Waals surface area contributed by atoms with Crippen LogP contribution < -0.4 is 5.32 Å².